The van der Waals surface area contributed by atoms with Crippen LogP contribution in [-0.4, -0.2) is 28.5 Å². The number of benzene rings is 2. The molecule has 7 nitrogen and oxygen atoms in total. The molecule has 0 fully saturated rings. The third-order valence-corrected chi connectivity index (χ3v) is 4.79. The number of anilines is 4. The van der Waals surface area contributed by atoms with Crippen molar-refractivity contribution in [2.45, 2.75) is 12.8 Å². The number of aryl methyl sites for hydroxylation is 1. The van der Waals surface area contributed by atoms with E-state index in [2.05, 4.69) is 16.0 Å². The maximum atomic E-state index is 12.0. The summed E-state index contributed by atoms with van der Waals surface area (Å²) in [6, 6.07) is 17.4. The molecule has 0 unspecified atom stereocenters. The summed E-state index contributed by atoms with van der Waals surface area (Å²) in [6.45, 7) is 0.684. The van der Waals surface area contributed by atoms with Crippen LogP contribution in [0.4, 0.5) is 28.7 Å². The zero-order valence-electron chi connectivity index (χ0n) is 14.9. The summed E-state index contributed by atoms with van der Waals surface area (Å²) >= 11 is 0. The summed E-state index contributed by atoms with van der Waals surface area (Å²) in [5.74, 6) is 0.610. The number of hydrogen-bond donors (Lipinski definition) is 0. The van der Waals surface area contributed by atoms with E-state index in [1.54, 1.807) is 11.9 Å². The van der Waals surface area contributed by atoms with Crippen molar-refractivity contribution in [2.24, 2.45) is 0 Å². The number of para-hydroxylation sites is 2. The van der Waals surface area contributed by atoms with Gasteiger partial charge in [-0.05, 0) is 36.6 Å². The highest BCUT2D eigenvalue weighted by Gasteiger charge is 2.31. The van der Waals surface area contributed by atoms with Gasteiger partial charge in [-0.3, -0.25) is 10.1 Å². The van der Waals surface area contributed by atoms with Gasteiger partial charge in [-0.2, -0.15) is 0 Å². The SMILES string of the molecule is CN(c1ccccc1)c1ncnc(N2CCCc3ccccc32)c1[N+](=O)[O-]. The Bertz CT molecular complexity index is 977. The molecule has 2 heterocycles. The largest absolute Gasteiger partial charge is 0.354 e. The van der Waals surface area contributed by atoms with Gasteiger partial charge in [0, 0.05) is 25.0 Å². The molecule has 7 heteroatoms. The van der Waals surface area contributed by atoms with E-state index in [4.69, 9.17) is 0 Å². The highest BCUT2D eigenvalue weighted by Crippen LogP contribution is 2.41. The number of fused-ring (bicyclic) bond motifs is 1. The molecule has 3 aromatic rings. The zero-order chi connectivity index (χ0) is 18.8. The quantitative estimate of drug-likeness (QED) is 0.511. The lowest BCUT2D eigenvalue weighted by Gasteiger charge is -2.30. The molecular weight excluding hydrogens is 342 g/mol. The minimum atomic E-state index is -0.388. The van der Waals surface area contributed by atoms with E-state index in [0.717, 1.165) is 24.2 Å². The molecule has 0 amide bonds. The predicted octanol–water partition coefficient (Wildman–Crippen LogP) is 4.24. The van der Waals surface area contributed by atoms with E-state index >= 15 is 0 Å². The van der Waals surface area contributed by atoms with E-state index in [9.17, 15) is 10.1 Å². The van der Waals surface area contributed by atoms with Crippen LogP contribution >= 0.6 is 0 Å². The van der Waals surface area contributed by atoms with Gasteiger partial charge in [-0.15, -0.1) is 0 Å². The lowest BCUT2D eigenvalue weighted by molar-refractivity contribution is -0.383. The molecule has 0 bridgehead atoms. The van der Waals surface area contributed by atoms with Crippen LogP contribution in [0, 0.1) is 10.1 Å². The van der Waals surface area contributed by atoms with Crippen LogP contribution in [0.3, 0.4) is 0 Å². The second-order valence-corrected chi connectivity index (χ2v) is 6.41. The van der Waals surface area contributed by atoms with E-state index in [-0.39, 0.29) is 16.4 Å². The van der Waals surface area contributed by atoms with Crippen molar-refractivity contribution in [2.75, 3.05) is 23.4 Å². The van der Waals surface area contributed by atoms with Crippen molar-refractivity contribution in [1.29, 1.82) is 0 Å². The van der Waals surface area contributed by atoms with E-state index in [1.807, 2.05) is 53.4 Å². The van der Waals surface area contributed by atoms with Gasteiger partial charge in [0.2, 0.25) is 11.6 Å². The molecule has 0 saturated heterocycles. The van der Waals surface area contributed by atoms with Gasteiger partial charge in [0.25, 0.3) is 0 Å². The summed E-state index contributed by atoms with van der Waals surface area (Å²) in [7, 11) is 1.78. The van der Waals surface area contributed by atoms with Gasteiger partial charge in [0.15, 0.2) is 0 Å². The zero-order valence-corrected chi connectivity index (χ0v) is 14.9. The number of nitrogens with zero attached hydrogens (tertiary/aromatic N) is 5. The molecule has 0 radical (unpaired) electrons. The molecule has 0 aliphatic carbocycles. The number of hydrogen-bond acceptors (Lipinski definition) is 6. The fourth-order valence-electron chi connectivity index (χ4n) is 3.49. The van der Waals surface area contributed by atoms with Crippen molar-refractivity contribution in [3.63, 3.8) is 0 Å². The lowest BCUT2D eigenvalue weighted by atomic mass is 10.0. The summed E-state index contributed by atoms with van der Waals surface area (Å²) in [4.78, 5) is 23.8. The second-order valence-electron chi connectivity index (χ2n) is 6.41. The van der Waals surface area contributed by atoms with Gasteiger partial charge < -0.3 is 9.80 Å². The Labute approximate surface area is 157 Å². The van der Waals surface area contributed by atoms with Gasteiger partial charge in [0.05, 0.1) is 4.92 Å². The number of rotatable bonds is 4. The fraction of sp³-hybridized carbons (Fsp3) is 0.200. The Kier molecular flexibility index (Phi) is 4.42. The van der Waals surface area contributed by atoms with Crippen LogP contribution in [-0.2, 0) is 6.42 Å². The van der Waals surface area contributed by atoms with Gasteiger partial charge >= 0.3 is 5.69 Å². The first-order chi connectivity index (χ1) is 13.2. The molecule has 27 heavy (non-hydrogen) atoms. The van der Waals surface area contributed by atoms with Crippen molar-refractivity contribution in [3.05, 3.63) is 76.6 Å². The van der Waals surface area contributed by atoms with Crippen molar-refractivity contribution >= 4 is 28.7 Å². The van der Waals surface area contributed by atoms with Gasteiger partial charge in [0.1, 0.15) is 6.33 Å². The molecule has 0 spiro atoms. The van der Waals surface area contributed by atoms with E-state index in [1.165, 1.54) is 11.9 Å². The van der Waals surface area contributed by atoms with Crippen LogP contribution < -0.4 is 9.80 Å². The first-order valence-corrected chi connectivity index (χ1v) is 8.80. The third-order valence-electron chi connectivity index (χ3n) is 4.79. The summed E-state index contributed by atoms with van der Waals surface area (Å²) in [5, 5.41) is 12.0. The fourth-order valence-corrected chi connectivity index (χ4v) is 3.49. The molecule has 0 saturated carbocycles. The summed E-state index contributed by atoms with van der Waals surface area (Å²) in [5.41, 5.74) is 2.89. The Morgan fingerprint density at radius 3 is 2.59 bits per heavy atom. The minimum absolute atomic E-state index is 0.0828. The Morgan fingerprint density at radius 2 is 1.81 bits per heavy atom. The molecule has 2 aromatic carbocycles. The molecular formula is C20H19N5O2. The van der Waals surface area contributed by atoms with Crippen molar-refractivity contribution in [3.8, 4) is 0 Å². The average Bonchev–Trinajstić information content (AvgIpc) is 2.72. The molecule has 136 valence electrons. The number of aromatic nitrogens is 2. The van der Waals surface area contributed by atoms with E-state index < -0.39 is 0 Å². The number of nitro groups is 1. The standard InChI is InChI=1S/C20H19N5O2/c1-23(16-10-3-2-4-11-16)19-18(25(26)27)20(22-14-21-19)24-13-7-9-15-8-5-6-12-17(15)24/h2-6,8,10-12,14H,7,9,13H2,1H3. The van der Waals surface area contributed by atoms with Crippen LogP contribution in [0.2, 0.25) is 0 Å². The smallest absolute Gasteiger partial charge is 0.324 e. The van der Waals surface area contributed by atoms with E-state index in [0.29, 0.717) is 12.4 Å². The Balaban J connectivity index is 1.85. The minimum Gasteiger partial charge on any atom is -0.324 e. The second kappa shape index (κ2) is 7.03. The van der Waals surface area contributed by atoms with Crippen LogP contribution in [0.15, 0.2) is 60.9 Å². The molecule has 0 N–H and O–H groups in total. The maximum Gasteiger partial charge on any atom is 0.354 e. The highest BCUT2D eigenvalue weighted by molar-refractivity contribution is 5.80. The third kappa shape index (κ3) is 3.08. The topological polar surface area (TPSA) is 75.4 Å². The molecule has 4 rings (SSSR count). The molecule has 1 aliphatic rings. The monoisotopic (exact) mass is 361 g/mol. The molecule has 1 aromatic heterocycles. The normalized spacial score (nSPS) is 13.1. The van der Waals surface area contributed by atoms with Crippen LogP contribution in [0.5, 0.6) is 0 Å². The van der Waals surface area contributed by atoms with Crippen molar-refractivity contribution in [1.82, 2.24) is 9.97 Å². The Hall–Kier alpha value is -3.48. The Morgan fingerprint density at radius 1 is 1.07 bits per heavy atom. The average molecular weight is 361 g/mol. The van der Waals surface area contributed by atoms with Crippen molar-refractivity contribution < 1.29 is 4.92 Å². The molecule has 0 atom stereocenters. The van der Waals surface area contributed by atoms with Crippen LogP contribution in [0.25, 0.3) is 0 Å². The van der Waals surface area contributed by atoms with Crippen LogP contribution in [0.1, 0.15) is 12.0 Å². The first-order valence-electron chi connectivity index (χ1n) is 8.80. The summed E-state index contributed by atoms with van der Waals surface area (Å²) < 4.78 is 0. The molecule has 1 aliphatic heterocycles. The highest BCUT2D eigenvalue weighted by atomic mass is 16.6. The lowest BCUT2D eigenvalue weighted by Crippen LogP contribution is -2.27. The maximum absolute atomic E-state index is 12.0. The predicted molar refractivity (Wildman–Crippen MR) is 105 cm³/mol. The summed E-state index contributed by atoms with van der Waals surface area (Å²) in [6.07, 6.45) is 3.28. The van der Waals surface area contributed by atoms with Gasteiger partial charge in [-0.25, -0.2) is 9.97 Å². The first kappa shape index (κ1) is 17.0. The van der Waals surface area contributed by atoms with Gasteiger partial charge in [-0.1, -0.05) is 36.4 Å².